The van der Waals surface area contributed by atoms with Gasteiger partial charge in [0.2, 0.25) is 5.88 Å². The molecule has 0 aliphatic rings. The summed E-state index contributed by atoms with van der Waals surface area (Å²) in [5.74, 6) is 0.264. The highest BCUT2D eigenvalue weighted by Crippen LogP contribution is 2.20. The third-order valence-corrected chi connectivity index (χ3v) is 2.44. The zero-order chi connectivity index (χ0) is 14.3. The quantitative estimate of drug-likeness (QED) is 0.831. The number of hydrogen-bond acceptors (Lipinski definition) is 3. The molecular formula is C13H19F3N2O. The van der Waals surface area contributed by atoms with Crippen molar-refractivity contribution < 1.29 is 17.9 Å². The number of aryl methyl sites for hydroxylation is 1. The number of nitrogens with zero attached hydrogens (tertiary/aromatic N) is 1. The lowest BCUT2D eigenvalue weighted by Crippen LogP contribution is -2.14. The van der Waals surface area contributed by atoms with Gasteiger partial charge >= 0.3 is 6.18 Å². The number of rotatable bonds is 7. The summed E-state index contributed by atoms with van der Waals surface area (Å²) in [5.41, 5.74) is 1.81. The Morgan fingerprint density at radius 2 is 2.05 bits per heavy atom. The molecule has 0 aliphatic heterocycles. The standard InChI is InChI=1S/C13H19F3N2O/c1-3-4-11-7-10(9-17-2)8-12(18-11)19-6-5-13(14,15)16/h7-8,17H,3-6,9H2,1-2H3. The molecule has 1 heterocycles. The third kappa shape index (κ3) is 6.42. The number of hydrogen-bond donors (Lipinski definition) is 1. The van der Waals surface area contributed by atoms with Gasteiger partial charge in [-0.25, -0.2) is 4.98 Å². The Morgan fingerprint density at radius 3 is 2.63 bits per heavy atom. The Balaban J connectivity index is 2.69. The Hall–Kier alpha value is -1.30. The SMILES string of the molecule is CCCc1cc(CNC)cc(OCCC(F)(F)F)n1. The molecule has 1 rings (SSSR count). The summed E-state index contributed by atoms with van der Waals surface area (Å²) in [7, 11) is 1.81. The van der Waals surface area contributed by atoms with E-state index in [1.165, 1.54) is 0 Å². The van der Waals surface area contributed by atoms with Crippen molar-refractivity contribution in [3.05, 3.63) is 23.4 Å². The topological polar surface area (TPSA) is 34.1 Å². The van der Waals surface area contributed by atoms with Crippen molar-refractivity contribution in [2.75, 3.05) is 13.7 Å². The van der Waals surface area contributed by atoms with Crippen LogP contribution in [-0.4, -0.2) is 24.8 Å². The second-order valence-electron chi connectivity index (χ2n) is 4.30. The zero-order valence-corrected chi connectivity index (χ0v) is 11.2. The monoisotopic (exact) mass is 276 g/mol. The molecular weight excluding hydrogens is 257 g/mol. The molecule has 6 heteroatoms. The molecule has 1 aromatic heterocycles. The van der Waals surface area contributed by atoms with E-state index in [0.29, 0.717) is 6.54 Å². The minimum atomic E-state index is -4.20. The molecule has 0 bridgehead atoms. The highest BCUT2D eigenvalue weighted by molar-refractivity contribution is 5.25. The molecule has 3 nitrogen and oxygen atoms in total. The molecule has 0 atom stereocenters. The Morgan fingerprint density at radius 1 is 1.32 bits per heavy atom. The van der Waals surface area contributed by atoms with Gasteiger partial charge < -0.3 is 10.1 Å². The number of pyridine rings is 1. The van der Waals surface area contributed by atoms with E-state index in [0.717, 1.165) is 24.1 Å². The van der Waals surface area contributed by atoms with Crippen molar-refractivity contribution in [3.8, 4) is 5.88 Å². The van der Waals surface area contributed by atoms with Gasteiger partial charge in [0.05, 0.1) is 13.0 Å². The molecule has 0 aromatic carbocycles. The average Bonchev–Trinajstić information content (AvgIpc) is 2.28. The predicted octanol–water partition coefficient (Wildman–Crippen LogP) is 3.08. The Bertz CT molecular complexity index is 370. The van der Waals surface area contributed by atoms with Crippen molar-refractivity contribution in [2.45, 2.75) is 38.9 Å². The van der Waals surface area contributed by atoms with E-state index >= 15 is 0 Å². The zero-order valence-electron chi connectivity index (χ0n) is 11.2. The molecule has 108 valence electrons. The van der Waals surface area contributed by atoms with Crippen LogP contribution in [0.1, 0.15) is 31.0 Å². The minimum absolute atomic E-state index is 0.264. The summed E-state index contributed by atoms with van der Waals surface area (Å²) in [4.78, 5) is 4.21. The van der Waals surface area contributed by atoms with Gasteiger partial charge in [0.25, 0.3) is 0 Å². The fourth-order valence-corrected chi connectivity index (χ4v) is 1.66. The highest BCUT2D eigenvalue weighted by Gasteiger charge is 2.26. The first-order chi connectivity index (χ1) is 8.94. The van der Waals surface area contributed by atoms with Crippen LogP contribution in [0, 0.1) is 0 Å². The lowest BCUT2D eigenvalue weighted by Gasteiger charge is -2.11. The Labute approximate surface area is 111 Å². The molecule has 19 heavy (non-hydrogen) atoms. The van der Waals surface area contributed by atoms with Crippen molar-refractivity contribution in [3.63, 3.8) is 0 Å². The van der Waals surface area contributed by atoms with Crippen molar-refractivity contribution in [1.29, 1.82) is 0 Å². The second kappa shape index (κ2) is 7.33. The van der Waals surface area contributed by atoms with Crippen molar-refractivity contribution in [2.24, 2.45) is 0 Å². The lowest BCUT2D eigenvalue weighted by molar-refractivity contribution is -0.139. The fourth-order valence-electron chi connectivity index (χ4n) is 1.66. The molecule has 0 saturated carbocycles. The summed E-state index contributed by atoms with van der Waals surface area (Å²) in [5, 5.41) is 3.00. The molecule has 0 unspecified atom stereocenters. The lowest BCUT2D eigenvalue weighted by atomic mass is 10.1. The van der Waals surface area contributed by atoms with Crippen LogP contribution in [0.2, 0.25) is 0 Å². The number of aromatic nitrogens is 1. The second-order valence-corrected chi connectivity index (χ2v) is 4.30. The van der Waals surface area contributed by atoms with Gasteiger partial charge in [-0.2, -0.15) is 13.2 Å². The maximum Gasteiger partial charge on any atom is 0.392 e. The number of alkyl halides is 3. The van der Waals surface area contributed by atoms with Gasteiger partial charge in [-0.15, -0.1) is 0 Å². The molecule has 0 aliphatic carbocycles. The van der Waals surface area contributed by atoms with Crippen LogP contribution in [0.25, 0.3) is 0 Å². The van der Waals surface area contributed by atoms with Gasteiger partial charge in [-0.1, -0.05) is 13.3 Å². The normalized spacial score (nSPS) is 11.6. The summed E-state index contributed by atoms with van der Waals surface area (Å²) < 4.78 is 41.2. The number of nitrogens with one attached hydrogen (secondary N) is 1. The van der Waals surface area contributed by atoms with Crippen LogP contribution in [0.3, 0.4) is 0 Å². The fraction of sp³-hybridized carbons (Fsp3) is 0.615. The van der Waals surface area contributed by atoms with E-state index < -0.39 is 19.2 Å². The van der Waals surface area contributed by atoms with Crippen LogP contribution >= 0.6 is 0 Å². The van der Waals surface area contributed by atoms with Gasteiger partial charge in [0, 0.05) is 18.3 Å². The summed E-state index contributed by atoms with van der Waals surface area (Å²) in [6.07, 6.45) is -3.45. The van der Waals surface area contributed by atoms with E-state index in [1.54, 1.807) is 6.07 Å². The van der Waals surface area contributed by atoms with Gasteiger partial charge in [-0.3, -0.25) is 0 Å². The largest absolute Gasteiger partial charge is 0.477 e. The highest BCUT2D eigenvalue weighted by atomic mass is 19.4. The molecule has 1 N–H and O–H groups in total. The molecule has 1 aromatic rings. The van der Waals surface area contributed by atoms with Crippen LogP contribution in [0.15, 0.2) is 12.1 Å². The van der Waals surface area contributed by atoms with E-state index in [-0.39, 0.29) is 5.88 Å². The van der Waals surface area contributed by atoms with E-state index in [4.69, 9.17) is 4.74 Å². The van der Waals surface area contributed by atoms with Gasteiger partial charge in [0.15, 0.2) is 0 Å². The van der Waals surface area contributed by atoms with E-state index in [1.807, 2.05) is 20.0 Å². The van der Waals surface area contributed by atoms with E-state index in [2.05, 4.69) is 10.3 Å². The molecule has 0 spiro atoms. The van der Waals surface area contributed by atoms with Crippen LogP contribution in [-0.2, 0) is 13.0 Å². The molecule has 0 fully saturated rings. The van der Waals surface area contributed by atoms with E-state index in [9.17, 15) is 13.2 Å². The van der Waals surface area contributed by atoms with Crippen molar-refractivity contribution in [1.82, 2.24) is 10.3 Å². The number of halogens is 3. The molecule has 0 amide bonds. The summed E-state index contributed by atoms with van der Waals surface area (Å²) in [6, 6.07) is 3.61. The van der Waals surface area contributed by atoms with Crippen LogP contribution in [0.4, 0.5) is 13.2 Å². The third-order valence-electron chi connectivity index (χ3n) is 2.44. The molecule has 0 saturated heterocycles. The first-order valence-corrected chi connectivity index (χ1v) is 6.28. The maximum absolute atomic E-state index is 12.0. The first kappa shape index (κ1) is 15.8. The van der Waals surface area contributed by atoms with Gasteiger partial charge in [0.1, 0.15) is 0 Å². The summed E-state index contributed by atoms with van der Waals surface area (Å²) in [6.45, 7) is 2.26. The van der Waals surface area contributed by atoms with Crippen molar-refractivity contribution >= 4 is 0 Å². The smallest absolute Gasteiger partial charge is 0.392 e. The predicted molar refractivity (Wildman–Crippen MR) is 67.2 cm³/mol. The maximum atomic E-state index is 12.0. The number of ether oxygens (including phenoxy) is 1. The minimum Gasteiger partial charge on any atom is -0.477 e. The molecule has 0 radical (unpaired) electrons. The average molecular weight is 276 g/mol. The first-order valence-electron chi connectivity index (χ1n) is 6.28. The van der Waals surface area contributed by atoms with Crippen LogP contribution < -0.4 is 10.1 Å². The summed E-state index contributed by atoms with van der Waals surface area (Å²) >= 11 is 0. The van der Waals surface area contributed by atoms with Crippen LogP contribution in [0.5, 0.6) is 5.88 Å². The van der Waals surface area contributed by atoms with Gasteiger partial charge in [-0.05, 0) is 25.1 Å². The Kier molecular flexibility index (Phi) is 6.08.